The van der Waals surface area contributed by atoms with Gasteiger partial charge in [-0.3, -0.25) is 0 Å². The minimum Gasteiger partial charge on any atom is -0.402 e. The largest absolute Gasteiger partial charge is 0.402 e. The van der Waals surface area contributed by atoms with Crippen LogP contribution in [-0.2, 0) is 9.53 Å². The molecule has 0 aromatic heterocycles. The van der Waals surface area contributed by atoms with E-state index < -0.39 is 5.97 Å². The van der Waals surface area contributed by atoms with E-state index in [2.05, 4.69) is 11.1 Å². The molecule has 0 saturated heterocycles. The molecule has 3 aromatic carbocycles. The first-order chi connectivity index (χ1) is 11.7. The van der Waals surface area contributed by atoms with Gasteiger partial charge in [-0.05, 0) is 47.0 Å². The summed E-state index contributed by atoms with van der Waals surface area (Å²) in [6.07, 6.45) is 1.76. The minimum absolute atomic E-state index is 0.323. The monoisotopic (exact) mass is 313 g/mol. The molecule has 3 heteroatoms. The van der Waals surface area contributed by atoms with E-state index in [9.17, 15) is 4.79 Å². The molecular weight excluding hydrogens is 298 g/mol. The Morgan fingerprint density at radius 2 is 1.67 bits per heavy atom. The number of esters is 1. The van der Waals surface area contributed by atoms with E-state index in [0.717, 1.165) is 27.5 Å². The number of nitrogens with zero attached hydrogens (tertiary/aromatic N) is 1. The van der Waals surface area contributed by atoms with Crippen LogP contribution in [0.1, 0.15) is 16.7 Å². The fourth-order valence-electron chi connectivity index (χ4n) is 2.79. The smallest absolute Gasteiger partial charge is 0.363 e. The summed E-state index contributed by atoms with van der Waals surface area (Å²) in [5.41, 5.74) is 3.11. The highest BCUT2D eigenvalue weighted by Crippen LogP contribution is 2.22. The Morgan fingerprint density at radius 1 is 0.917 bits per heavy atom. The van der Waals surface area contributed by atoms with Gasteiger partial charge in [-0.1, -0.05) is 54.6 Å². The molecule has 0 saturated carbocycles. The maximum atomic E-state index is 12.1. The zero-order valence-corrected chi connectivity index (χ0v) is 13.2. The average Bonchev–Trinajstić information content (AvgIpc) is 2.96. The molecular formula is C21H15NO2. The van der Waals surface area contributed by atoms with E-state index in [1.165, 1.54) is 0 Å². The van der Waals surface area contributed by atoms with Crippen LogP contribution in [0, 0.1) is 6.92 Å². The topological polar surface area (TPSA) is 38.7 Å². The highest BCUT2D eigenvalue weighted by molar-refractivity contribution is 6.13. The third-order valence-corrected chi connectivity index (χ3v) is 4.07. The van der Waals surface area contributed by atoms with E-state index in [1.54, 1.807) is 6.08 Å². The number of aliphatic imine (C=N–C) groups is 1. The number of benzene rings is 3. The molecule has 1 heterocycles. The Kier molecular flexibility index (Phi) is 3.47. The second-order valence-corrected chi connectivity index (χ2v) is 5.76. The Morgan fingerprint density at radius 3 is 2.50 bits per heavy atom. The molecule has 0 radical (unpaired) electrons. The van der Waals surface area contributed by atoms with Gasteiger partial charge in [0.05, 0.1) is 0 Å². The molecule has 0 fully saturated rings. The van der Waals surface area contributed by atoms with Gasteiger partial charge in [0.25, 0.3) is 0 Å². The Hall–Kier alpha value is -3.20. The number of cyclic esters (lactones) is 1. The predicted octanol–water partition coefficient (Wildman–Crippen LogP) is 4.49. The fourth-order valence-corrected chi connectivity index (χ4v) is 2.79. The summed E-state index contributed by atoms with van der Waals surface area (Å²) in [4.78, 5) is 16.5. The summed E-state index contributed by atoms with van der Waals surface area (Å²) < 4.78 is 5.34. The molecule has 0 amide bonds. The lowest BCUT2D eigenvalue weighted by Crippen LogP contribution is -2.06. The van der Waals surface area contributed by atoms with Gasteiger partial charge < -0.3 is 4.74 Å². The lowest BCUT2D eigenvalue weighted by atomic mass is 10.1. The molecule has 24 heavy (non-hydrogen) atoms. The highest BCUT2D eigenvalue weighted by atomic mass is 16.6. The Labute approximate surface area is 139 Å². The summed E-state index contributed by atoms with van der Waals surface area (Å²) in [6.45, 7) is 1.97. The number of aryl methyl sites for hydroxylation is 1. The molecule has 3 nitrogen and oxygen atoms in total. The second kappa shape index (κ2) is 5.78. The summed E-state index contributed by atoms with van der Waals surface area (Å²) in [5.74, 6) is -0.0495. The third kappa shape index (κ3) is 2.61. The molecule has 0 N–H and O–H groups in total. The molecule has 3 aromatic rings. The summed E-state index contributed by atoms with van der Waals surface area (Å²) >= 11 is 0. The van der Waals surface area contributed by atoms with Crippen molar-refractivity contribution in [1.82, 2.24) is 0 Å². The third-order valence-electron chi connectivity index (χ3n) is 4.07. The quantitative estimate of drug-likeness (QED) is 0.516. The highest BCUT2D eigenvalue weighted by Gasteiger charge is 2.24. The van der Waals surface area contributed by atoms with E-state index in [0.29, 0.717) is 11.6 Å². The lowest BCUT2D eigenvalue weighted by molar-refractivity contribution is -0.129. The van der Waals surface area contributed by atoms with Gasteiger partial charge in [-0.15, -0.1) is 0 Å². The van der Waals surface area contributed by atoms with Crippen LogP contribution in [0.25, 0.3) is 16.8 Å². The molecule has 0 bridgehead atoms. The number of hydrogen-bond acceptors (Lipinski definition) is 3. The molecule has 0 unspecified atom stereocenters. The Bertz CT molecular complexity index is 1020. The molecule has 0 aliphatic carbocycles. The van der Waals surface area contributed by atoms with Crippen molar-refractivity contribution in [3.8, 4) is 0 Å². The van der Waals surface area contributed by atoms with Crippen molar-refractivity contribution < 1.29 is 9.53 Å². The van der Waals surface area contributed by atoms with Crippen molar-refractivity contribution in [3.05, 3.63) is 89.1 Å². The SMILES string of the molecule is Cc1ccccc1C1=N/C(=C\c2ccc3ccccc3c2)C(=O)O1. The fraction of sp³-hybridized carbons (Fsp3) is 0.0476. The molecule has 4 rings (SSSR count). The van der Waals surface area contributed by atoms with Crippen molar-refractivity contribution in [2.45, 2.75) is 6.92 Å². The van der Waals surface area contributed by atoms with Crippen LogP contribution in [0.4, 0.5) is 0 Å². The van der Waals surface area contributed by atoms with Gasteiger partial charge in [0.1, 0.15) is 0 Å². The van der Waals surface area contributed by atoms with Crippen LogP contribution in [0.15, 0.2) is 77.4 Å². The number of fused-ring (bicyclic) bond motifs is 1. The van der Waals surface area contributed by atoms with Crippen LogP contribution in [0.2, 0.25) is 0 Å². The van der Waals surface area contributed by atoms with Gasteiger partial charge >= 0.3 is 5.97 Å². The van der Waals surface area contributed by atoms with Crippen LogP contribution in [0.5, 0.6) is 0 Å². The molecule has 0 spiro atoms. The summed E-state index contributed by atoms with van der Waals surface area (Å²) in [5, 5.41) is 2.29. The van der Waals surface area contributed by atoms with Crippen LogP contribution in [0.3, 0.4) is 0 Å². The number of carbonyl (C=O) groups excluding carboxylic acids is 1. The zero-order chi connectivity index (χ0) is 16.5. The summed E-state index contributed by atoms with van der Waals surface area (Å²) in [7, 11) is 0. The number of hydrogen-bond donors (Lipinski definition) is 0. The van der Waals surface area contributed by atoms with Crippen LogP contribution >= 0.6 is 0 Å². The van der Waals surface area contributed by atoms with Gasteiger partial charge in [0.2, 0.25) is 5.90 Å². The Balaban J connectivity index is 1.73. The maximum Gasteiger partial charge on any atom is 0.363 e. The van der Waals surface area contributed by atoms with E-state index >= 15 is 0 Å². The van der Waals surface area contributed by atoms with E-state index in [4.69, 9.17) is 4.74 Å². The molecule has 1 aliphatic rings. The van der Waals surface area contributed by atoms with Crippen molar-refractivity contribution in [2.75, 3.05) is 0 Å². The van der Waals surface area contributed by atoms with Crippen LogP contribution < -0.4 is 0 Å². The van der Waals surface area contributed by atoms with Crippen molar-refractivity contribution in [1.29, 1.82) is 0 Å². The zero-order valence-electron chi connectivity index (χ0n) is 13.2. The van der Waals surface area contributed by atoms with Gasteiger partial charge in [0.15, 0.2) is 5.70 Å². The van der Waals surface area contributed by atoms with Gasteiger partial charge in [-0.2, -0.15) is 0 Å². The number of rotatable bonds is 2. The molecule has 116 valence electrons. The predicted molar refractivity (Wildman–Crippen MR) is 95.7 cm³/mol. The first kappa shape index (κ1) is 14.4. The first-order valence-electron chi connectivity index (χ1n) is 7.78. The maximum absolute atomic E-state index is 12.1. The van der Waals surface area contributed by atoms with Crippen LogP contribution in [-0.4, -0.2) is 11.9 Å². The average molecular weight is 313 g/mol. The standard InChI is InChI=1S/C21H15NO2/c1-14-6-2-5-9-18(14)20-22-19(21(23)24-20)13-15-10-11-16-7-3-4-8-17(16)12-15/h2-13H,1H3/b19-13-. The van der Waals surface area contributed by atoms with E-state index in [1.807, 2.05) is 67.6 Å². The summed E-state index contributed by atoms with van der Waals surface area (Å²) in [6, 6.07) is 21.9. The molecule has 1 aliphatic heterocycles. The van der Waals surface area contributed by atoms with Gasteiger partial charge in [-0.25, -0.2) is 9.79 Å². The van der Waals surface area contributed by atoms with E-state index in [-0.39, 0.29) is 0 Å². The number of ether oxygens (including phenoxy) is 1. The van der Waals surface area contributed by atoms with Gasteiger partial charge in [0, 0.05) is 5.56 Å². The number of carbonyl (C=O) groups is 1. The normalized spacial score (nSPS) is 15.6. The second-order valence-electron chi connectivity index (χ2n) is 5.76. The lowest BCUT2D eigenvalue weighted by Gasteiger charge is -2.02. The van der Waals surface area contributed by atoms with Crippen molar-refractivity contribution in [3.63, 3.8) is 0 Å². The van der Waals surface area contributed by atoms with Crippen molar-refractivity contribution in [2.24, 2.45) is 4.99 Å². The molecule has 0 atom stereocenters. The minimum atomic E-state index is -0.415. The van der Waals surface area contributed by atoms with Crippen molar-refractivity contribution >= 4 is 28.7 Å². The first-order valence-corrected chi connectivity index (χ1v) is 7.78.